The number of aryl methyl sites for hydroxylation is 1. The summed E-state index contributed by atoms with van der Waals surface area (Å²) in [6.45, 7) is 2.05. The van der Waals surface area contributed by atoms with E-state index in [-0.39, 0.29) is 5.91 Å². The molecule has 1 amide bonds. The number of hydrogen-bond acceptors (Lipinski definition) is 6. The minimum Gasteiger partial charge on any atom is -0.353 e. The highest BCUT2D eigenvalue weighted by molar-refractivity contribution is 8.01. The molecule has 0 spiro atoms. The zero-order valence-electron chi connectivity index (χ0n) is 14.5. The average molecular weight is 377 g/mol. The van der Waals surface area contributed by atoms with Crippen molar-refractivity contribution in [1.29, 1.82) is 0 Å². The molecule has 1 aliphatic rings. The van der Waals surface area contributed by atoms with E-state index in [1.165, 1.54) is 48.8 Å². The first-order valence-corrected chi connectivity index (χ1v) is 10.6. The third kappa shape index (κ3) is 5.71. The maximum Gasteiger partial charge on any atom is 0.230 e. The Labute approximate surface area is 157 Å². The van der Waals surface area contributed by atoms with Gasteiger partial charge in [0.05, 0.1) is 5.75 Å². The number of carbonyl (C=O) groups is 1. The van der Waals surface area contributed by atoms with Gasteiger partial charge in [0.2, 0.25) is 11.0 Å². The van der Waals surface area contributed by atoms with Crippen LogP contribution in [0.15, 0.2) is 28.6 Å². The number of thioether (sulfide) groups is 1. The van der Waals surface area contributed by atoms with Crippen LogP contribution in [0.5, 0.6) is 0 Å². The van der Waals surface area contributed by atoms with Crippen LogP contribution in [0, 0.1) is 6.92 Å². The number of aromatic nitrogens is 2. The molecule has 2 aromatic rings. The van der Waals surface area contributed by atoms with Crippen LogP contribution in [-0.4, -0.2) is 27.9 Å². The Morgan fingerprint density at radius 1 is 1.20 bits per heavy atom. The molecule has 7 heteroatoms. The molecule has 5 nitrogen and oxygen atoms in total. The van der Waals surface area contributed by atoms with Gasteiger partial charge >= 0.3 is 0 Å². The predicted octanol–water partition coefficient (Wildman–Crippen LogP) is 4.52. The molecule has 134 valence electrons. The van der Waals surface area contributed by atoms with Gasteiger partial charge in [0.15, 0.2) is 4.34 Å². The van der Waals surface area contributed by atoms with Gasteiger partial charge in [-0.1, -0.05) is 67.0 Å². The van der Waals surface area contributed by atoms with Crippen LogP contribution in [0.2, 0.25) is 0 Å². The normalized spacial score (nSPS) is 15.6. The van der Waals surface area contributed by atoms with Crippen molar-refractivity contribution in [3.05, 3.63) is 29.8 Å². The number of rotatable bonds is 6. The fourth-order valence-corrected chi connectivity index (χ4v) is 4.54. The van der Waals surface area contributed by atoms with Crippen molar-refractivity contribution < 1.29 is 4.79 Å². The predicted molar refractivity (Wildman–Crippen MR) is 105 cm³/mol. The summed E-state index contributed by atoms with van der Waals surface area (Å²) >= 11 is 2.93. The Hall–Kier alpha value is -1.60. The molecule has 1 fully saturated rings. The summed E-state index contributed by atoms with van der Waals surface area (Å²) in [5.74, 6) is 0.496. The maximum atomic E-state index is 12.1. The Morgan fingerprint density at radius 2 is 1.96 bits per heavy atom. The number of para-hydroxylation sites is 1. The topological polar surface area (TPSA) is 66.9 Å². The third-order valence-electron chi connectivity index (χ3n) is 4.34. The monoisotopic (exact) mass is 376 g/mol. The lowest BCUT2D eigenvalue weighted by atomic mass is 10.1. The van der Waals surface area contributed by atoms with Crippen molar-refractivity contribution in [2.75, 3.05) is 11.1 Å². The molecule has 1 aromatic carbocycles. The van der Waals surface area contributed by atoms with Gasteiger partial charge in [0, 0.05) is 11.7 Å². The number of benzene rings is 1. The third-order valence-corrected chi connectivity index (χ3v) is 6.31. The molecule has 1 aromatic heterocycles. The fraction of sp³-hybridized carbons (Fsp3) is 0.500. The molecule has 1 saturated carbocycles. The van der Waals surface area contributed by atoms with Gasteiger partial charge in [0.25, 0.3) is 0 Å². The highest BCUT2D eigenvalue weighted by atomic mass is 32.2. The lowest BCUT2D eigenvalue weighted by Gasteiger charge is -2.15. The molecule has 0 saturated heterocycles. The minimum atomic E-state index is 0.0977. The quantitative estimate of drug-likeness (QED) is 0.573. The standard InChI is InChI=1S/C18H24N4OS2/c1-13-8-6-7-11-15(13)20-17-21-22-18(25-17)24-12-16(23)19-14-9-4-2-3-5-10-14/h6-8,11,14H,2-5,9-10,12H2,1H3,(H,19,23)(H,20,21). The van der Waals surface area contributed by atoms with Gasteiger partial charge in [0.1, 0.15) is 0 Å². The molecule has 0 unspecified atom stereocenters. The average Bonchev–Trinajstić information content (AvgIpc) is 2.89. The summed E-state index contributed by atoms with van der Waals surface area (Å²) < 4.78 is 0.812. The largest absolute Gasteiger partial charge is 0.353 e. The van der Waals surface area contributed by atoms with Gasteiger partial charge in [-0.05, 0) is 31.4 Å². The van der Waals surface area contributed by atoms with Gasteiger partial charge in [-0.15, -0.1) is 10.2 Å². The summed E-state index contributed by atoms with van der Waals surface area (Å²) in [6, 6.07) is 8.42. The molecule has 2 N–H and O–H groups in total. The van der Waals surface area contributed by atoms with Crippen molar-refractivity contribution in [3.63, 3.8) is 0 Å². The van der Waals surface area contributed by atoms with E-state index in [0.29, 0.717) is 11.8 Å². The fourth-order valence-electron chi connectivity index (χ4n) is 2.97. The smallest absolute Gasteiger partial charge is 0.230 e. The molecule has 1 aliphatic carbocycles. The molecular weight excluding hydrogens is 352 g/mol. The molecule has 0 atom stereocenters. The Morgan fingerprint density at radius 3 is 2.72 bits per heavy atom. The molecular formula is C18H24N4OS2. The number of hydrogen-bond donors (Lipinski definition) is 2. The van der Waals surface area contributed by atoms with Crippen molar-refractivity contribution in [1.82, 2.24) is 15.5 Å². The highest BCUT2D eigenvalue weighted by Gasteiger charge is 2.15. The number of amides is 1. The first-order valence-electron chi connectivity index (χ1n) is 8.79. The Balaban J connectivity index is 1.46. The van der Waals surface area contributed by atoms with Crippen molar-refractivity contribution in [3.8, 4) is 0 Å². The molecule has 1 heterocycles. The molecule has 3 rings (SSSR count). The molecule has 0 bridgehead atoms. The highest BCUT2D eigenvalue weighted by Crippen LogP contribution is 2.28. The van der Waals surface area contributed by atoms with Crippen LogP contribution in [0.3, 0.4) is 0 Å². The SMILES string of the molecule is Cc1ccccc1Nc1nnc(SCC(=O)NC2CCCCCC2)s1. The maximum absolute atomic E-state index is 12.1. The number of carbonyl (C=O) groups excluding carboxylic acids is 1. The van der Waals surface area contributed by atoms with E-state index >= 15 is 0 Å². The van der Waals surface area contributed by atoms with E-state index in [1.54, 1.807) is 0 Å². The van der Waals surface area contributed by atoms with E-state index in [0.717, 1.165) is 33.6 Å². The second kappa shape index (κ2) is 9.20. The van der Waals surface area contributed by atoms with Crippen molar-refractivity contribution in [2.45, 2.75) is 55.8 Å². The van der Waals surface area contributed by atoms with E-state index in [9.17, 15) is 4.79 Å². The van der Waals surface area contributed by atoms with Crippen LogP contribution in [0.25, 0.3) is 0 Å². The summed E-state index contributed by atoms with van der Waals surface area (Å²) in [5.41, 5.74) is 2.19. The second-order valence-electron chi connectivity index (χ2n) is 6.36. The summed E-state index contributed by atoms with van der Waals surface area (Å²) in [7, 11) is 0. The molecule has 0 aliphatic heterocycles. The van der Waals surface area contributed by atoms with Crippen LogP contribution in [-0.2, 0) is 4.79 Å². The number of nitrogens with zero attached hydrogens (tertiary/aromatic N) is 2. The van der Waals surface area contributed by atoms with Gasteiger partial charge in [-0.3, -0.25) is 4.79 Å². The molecule has 0 radical (unpaired) electrons. The number of nitrogens with one attached hydrogen (secondary N) is 2. The second-order valence-corrected chi connectivity index (χ2v) is 8.56. The molecule has 25 heavy (non-hydrogen) atoms. The van der Waals surface area contributed by atoms with E-state index in [4.69, 9.17) is 0 Å². The summed E-state index contributed by atoms with van der Waals surface area (Å²) in [6.07, 6.45) is 7.26. The van der Waals surface area contributed by atoms with Gasteiger partial charge < -0.3 is 10.6 Å². The van der Waals surface area contributed by atoms with Gasteiger partial charge in [-0.25, -0.2) is 0 Å². The van der Waals surface area contributed by atoms with Crippen molar-refractivity contribution >= 4 is 39.8 Å². The van der Waals surface area contributed by atoms with Crippen LogP contribution in [0.4, 0.5) is 10.8 Å². The van der Waals surface area contributed by atoms with E-state index < -0.39 is 0 Å². The zero-order chi connectivity index (χ0) is 17.5. The van der Waals surface area contributed by atoms with Crippen LogP contribution >= 0.6 is 23.1 Å². The van der Waals surface area contributed by atoms with Crippen molar-refractivity contribution in [2.24, 2.45) is 0 Å². The Kier molecular flexibility index (Phi) is 6.69. The zero-order valence-corrected chi connectivity index (χ0v) is 16.1. The minimum absolute atomic E-state index is 0.0977. The van der Waals surface area contributed by atoms with Crippen LogP contribution < -0.4 is 10.6 Å². The summed E-state index contributed by atoms with van der Waals surface area (Å²) in [4.78, 5) is 12.1. The van der Waals surface area contributed by atoms with E-state index in [1.807, 2.05) is 18.2 Å². The summed E-state index contributed by atoms with van der Waals surface area (Å²) in [5, 5.41) is 15.5. The first kappa shape index (κ1) is 18.2. The lowest BCUT2D eigenvalue weighted by molar-refractivity contribution is -0.119. The number of anilines is 2. The lowest BCUT2D eigenvalue weighted by Crippen LogP contribution is -2.35. The Bertz CT molecular complexity index is 696. The van der Waals surface area contributed by atoms with Crippen LogP contribution in [0.1, 0.15) is 44.1 Å². The van der Waals surface area contributed by atoms with E-state index in [2.05, 4.69) is 33.8 Å². The van der Waals surface area contributed by atoms with Gasteiger partial charge in [-0.2, -0.15) is 0 Å². The first-order chi connectivity index (χ1) is 12.2.